The van der Waals surface area contributed by atoms with E-state index in [1.165, 1.54) is 5.56 Å². The van der Waals surface area contributed by atoms with E-state index in [4.69, 9.17) is 0 Å². The summed E-state index contributed by atoms with van der Waals surface area (Å²) in [4.78, 5) is 0. The molecule has 10 heavy (non-hydrogen) atoms. The molecule has 0 saturated carbocycles. The van der Waals surface area contributed by atoms with Gasteiger partial charge in [-0.3, -0.25) is 0 Å². The molecule has 0 N–H and O–H groups in total. The fraction of sp³-hybridized carbons (Fsp3) is 0.143. The number of hydrogen-bond donors (Lipinski definition) is 0. The molecule has 0 spiro atoms. The van der Waals surface area contributed by atoms with Crippen LogP contribution in [0.3, 0.4) is 0 Å². The van der Waals surface area contributed by atoms with Crippen molar-refractivity contribution in [1.82, 2.24) is 4.57 Å². The summed E-state index contributed by atoms with van der Waals surface area (Å²) in [5.74, 6) is 0. The Labute approximate surface area is 103 Å². The fourth-order valence-corrected chi connectivity index (χ4v) is 0.561. The third kappa shape index (κ3) is 5.71. The number of aromatic nitrogens is 1. The Bertz CT molecular complexity index is 146. The third-order valence-corrected chi connectivity index (χ3v) is 0.898. The summed E-state index contributed by atoms with van der Waals surface area (Å²) in [6.45, 7) is 2.04. The Morgan fingerprint density at radius 3 is 2.10 bits per heavy atom. The molecule has 0 aliphatic heterocycles. The van der Waals surface area contributed by atoms with E-state index < -0.39 is 0 Å². The van der Waals surface area contributed by atoms with E-state index in [-0.39, 0.29) is 61.2 Å². The average Bonchev–Trinajstić information content (AvgIpc) is 1.87. The molecule has 3 heteroatoms. The molecule has 55 valence electrons. The van der Waals surface area contributed by atoms with Gasteiger partial charge >= 0.3 is 0 Å². The Hall–Kier alpha value is 0.942. The van der Waals surface area contributed by atoms with Gasteiger partial charge in [-0.2, -0.15) is 0 Å². The van der Waals surface area contributed by atoms with Crippen molar-refractivity contribution in [2.45, 2.75) is 6.92 Å². The van der Waals surface area contributed by atoms with Gasteiger partial charge in [0.05, 0.1) is 0 Å². The van der Waals surface area contributed by atoms with E-state index in [1.54, 1.807) is 4.57 Å². The average molecular weight is 382 g/mol. The van der Waals surface area contributed by atoms with Gasteiger partial charge in [0.25, 0.3) is 0 Å². The van der Waals surface area contributed by atoms with Gasteiger partial charge in [0.15, 0.2) is 0 Å². The molecule has 0 amide bonds. The van der Waals surface area contributed by atoms with E-state index in [0.717, 1.165) is 0 Å². The zero-order chi connectivity index (χ0) is 5.28. The van der Waals surface area contributed by atoms with Crippen molar-refractivity contribution < 1.29 is 53.8 Å². The minimum atomic E-state index is 0. The molecule has 1 radical (unpaired) electrons. The second-order valence-electron chi connectivity index (χ2n) is 1.70. The van der Waals surface area contributed by atoms with Crippen LogP contribution in [-0.2, 0) is 53.8 Å². The van der Waals surface area contributed by atoms with Crippen LogP contribution in [0.4, 0.5) is 0 Å². The molecule has 1 nitrogen and oxygen atoms in total. The molecule has 0 atom stereocenters. The van der Waals surface area contributed by atoms with Crippen LogP contribution in [0.2, 0.25) is 0 Å². The first-order chi connectivity index (χ1) is 3.29. The van der Waals surface area contributed by atoms with Crippen LogP contribution in [0.25, 0.3) is 0 Å². The van der Waals surface area contributed by atoms with Gasteiger partial charge in [-0.15, -0.1) is 24.9 Å². The summed E-state index contributed by atoms with van der Waals surface area (Å²) in [6, 6.07) is 2.02. The van der Waals surface area contributed by atoms with Gasteiger partial charge in [0.1, 0.15) is 0 Å². The van der Waals surface area contributed by atoms with E-state index in [0.29, 0.717) is 0 Å². The van der Waals surface area contributed by atoms with Crippen molar-refractivity contribution in [3.8, 4) is 0 Å². The van der Waals surface area contributed by atoms with E-state index in [2.05, 4.69) is 7.05 Å². The Morgan fingerprint density at radius 1 is 1.50 bits per heavy atom. The third-order valence-electron chi connectivity index (χ3n) is 0.898. The van der Waals surface area contributed by atoms with Crippen molar-refractivity contribution >= 4 is 0 Å². The molecule has 0 bridgehead atoms. The Balaban J connectivity index is -0.000000163. The molecule has 0 unspecified atom stereocenters. The molecule has 0 aromatic carbocycles. The normalized spacial score (nSPS) is 6.50. The van der Waals surface area contributed by atoms with Crippen LogP contribution in [0.1, 0.15) is 5.56 Å². The summed E-state index contributed by atoms with van der Waals surface area (Å²) in [6.07, 6.45) is 3.90. The van der Waals surface area contributed by atoms with Crippen LogP contribution in [0, 0.1) is 21.4 Å². The molecule has 0 saturated heterocycles. The van der Waals surface area contributed by atoms with Crippen molar-refractivity contribution in [1.29, 1.82) is 0 Å². The smallest absolute Gasteiger partial charge is 0 e. The van der Waals surface area contributed by atoms with Gasteiger partial charge < -0.3 is 12.0 Å². The van der Waals surface area contributed by atoms with Crippen molar-refractivity contribution in [2.24, 2.45) is 0 Å². The molecule has 0 aliphatic carbocycles. The number of nitrogens with zero attached hydrogens (tertiary/aromatic N) is 1. The summed E-state index contributed by atoms with van der Waals surface area (Å²) in [5, 5.41) is 0. The minimum Gasteiger partial charge on any atom is -0.493 e. The zero-order valence-electron chi connectivity index (χ0n) is 6.37. The molecule has 0 aliphatic rings. The molecule has 1 rings (SSSR count). The Morgan fingerprint density at radius 2 is 2.00 bits per heavy atom. The maximum absolute atomic E-state index is 3.66. The summed E-state index contributed by atoms with van der Waals surface area (Å²) in [5.41, 5.74) is 1.26. The Kier molecular flexibility index (Phi) is 13.8. The zero-order valence-corrected chi connectivity index (χ0v) is 12.1. The summed E-state index contributed by atoms with van der Waals surface area (Å²) < 4.78 is 1.79. The van der Waals surface area contributed by atoms with Gasteiger partial charge in [-0.25, -0.2) is 0 Å². The first-order valence-electron chi connectivity index (χ1n) is 2.24. The summed E-state index contributed by atoms with van der Waals surface area (Å²) in [7, 11) is 3.66. The monoisotopic (exact) mass is 382 g/mol. The van der Waals surface area contributed by atoms with Crippen LogP contribution < -0.4 is 0 Å². The maximum atomic E-state index is 3.66. The standard InChI is InChI=1S/C6H8N.CH3.W.Y/c1-6-3-4-7(2)5-6;;;/h3-5H,2H2,1H3;1H3;;/q2*-1;;. The first-order valence-corrected chi connectivity index (χ1v) is 2.24. The predicted octanol–water partition coefficient (Wildman–Crippen LogP) is 1.88. The second kappa shape index (κ2) is 8.04. The van der Waals surface area contributed by atoms with Crippen molar-refractivity contribution in [3.05, 3.63) is 38.5 Å². The molecule has 0 fully saturated rings. The number of aryl methyl sites for hydroxylation is 1. The minimum absolute atomic E-state index is 0. The van der Waals surface area contributed by atoms with Crippen LogP contribution in [-0.4, -0.2) is 4.57 Å². The van der Waals surface area contributed by atoms with Crippen LogP contribution >= 0.6 is 0 Å². The molecule has 1 aromatic heterocycles. The van der Waals surface area contributed by atoms with E-state index in [1.807, 2.05) is 25.4 Å². The first kappa shape index (κ1) is 17.1. The topological polar surface area (TPSA) is 4.93 Å². The molecular weight excluding hydrogens is 371 g/mol. The maximum Gasteiger partial charge on any atom is 0 e. The quantitative estimate of drug-likeness (QED) is 0.605. The van der Waals surface area contributed by atoms with Crippen molar-refractivity contribution in [3.63, 3.8) is 0 Å². The van der Waals surface area contributed by atoms with Crippen molar-refractivity contribution in [2.75, 3.05) is 0 Å². The van der Waals surface area contributed by atoms with E-state index in [9.17, 15) is 0 Å². The van der Waals surface area contributed by atoms with Crippen LogP contribution in [0.5, 0.6) is 0 Å². The summed E-state index contributed by atoms with van der Waals surface area (Å²) >= 11 is 0. The number of rotatable bonds is 0. The second-order valence-corrected chi connectivity index (χ2v) is 1.70. The van der Waals surface area contributed by atoms with Gasteiger partial charge in [0.2, 0.25) is 0 Å². The van der Waals surface area contributed by atoms with Gasteiger partial charge in [-0.1, -0.05) is 13.1 Å². The largest absolute Gasteiger partial charge is 0.493 e. The predicted molar refractivity (Wildman–Crippen MR) is 36.3 cm³/mol. The fourth-order valence-electron chi connectivity index (χ4n) is 0.561. The van der Waals surface area contributed by atoms with E-state index >= 15 is 0 Å². The molecule has 1 heterocycles. The SMILES string of the molecule is [CH2-]n1ccc(C)c1.[CH3-].[W].[Y]. The molecular formula is C7H11NWY-2. The van der Waals surface area contributed by atoms with Crippen LogP contribution in [0.15, 0.2) is 18.5 Å². The van der Waals surface area contributed by atoms with Gasteiger partial charge in [-0.05, 0) is 0 Å². The number of hydrogen-bond acceptors (Lipinski definition) is 0. The van der Waals surface area contributed by atoms with Gasteiger partial charge in [0, 0.05) is 53.8 Å². The molecule has 1 aromatic rings.